The molecule has 0 bridgehead atoms. The maximum atomic E-state index is 4.81. The fourth-order valence-electron chi connectivity index (χ4n) is 0. The van der Waals surface area contributed by atoms with E-state index in [2.05, 4.69) is 0 Å². The van der Waals surface area contributed by atoms with Gasteiger partial charge in [0.1, 0.15) is 0 Å². The van der Waals surface area contributed by atoms with Crippen molar-refractivity contribution in [1.29, 1.82) is 0 Å². The van der Waals surface area contributed by atoms with Crippen LogP contribution in [0.15, 0.2) is 0 Å². The van der Waals surface area contributed by atoms with E-state index in [0.717, 1.165) is 0 Å². The summed E-state index contributed by atoms with van der Waals surface area (Å²) >= 11 is -0.106. The number of halogens is 2. The van der Waals surface area contributed by atoms with Gasteiger partial charge in [-0.25, -0.2) is 0 Å². The summed E-state index contributed by atoms with van der Waals surface area (Å²) in [7, 11) is 9.63. The fourth-order valence-corrected chi connectivity index (χ4v) is 0. The zero-order chi connectivity index (χ0) is 2.71. The van der Waals surface area contributed by atoms with Crippen LogP contribution in [0.3, 0.4) is 0 Å². The first-order valence-corrected chi connectivity index (χ1v) is 4.24. The summed E-state index contributed by atoms with van der Waals surface area (Å²) in [6.45, 7) is 0. The average molecular weight is 259 g/mol. The summed E-state index contributed by atoms with van der Waals surface area (Å²) < 4.78 is 0. The molecule has 0 spiro atoms. The molecule has 0 aliphatic rings. The summed E-state index contributed by atoms with van der Waals surface area (Å²) in [5, 5.41) is 0. The van der Waals surface area contributed by atoms with E-state index in [-0.39, 0.29) is 46.0 Å². The molecule has 0 aromatic heterocycles. The van der Waals surface area contributed by atoms with Crippen molar-refractivity contribution in [3.63, 3.8) is 0 Å². The first-order valence-electron chi connectivity index (χ1n) is 0.239. The molecular formula is H10Cl2N4OPd-4. The van der Waals surface area contributed by atoms with E-state index in [1.165, 1.54) is 0 Å². The van der Waals surface area contributed by atoms with Crippen LogP contribution in [-0.2, 0) is 15.9 Å². The maximum Gasteiger partial charge on any atom is -0.693 e. The minimum atomic E-state index is -0.106. The molecule has 0 aromatic rings. The van der Waals surface area contributed by atoms with Crippen LogP contribution in [0.5, 0.6) is 0 Å². The van der Waals surface area contributed by atoms with Crippen molar-refractivity contribution in [3.05, 3.63) is 24.6 Å². The van der Waals surface area contributed by atoms with Crippen molar-refractivity contribution in [2.75, 3.05) is 0 Å². The summed E-state index contributed by atoms with van der Waals surface area (Å²) in [6.07, 6.45) is 0. The average Bonchev–Trinajstić information content (AvgIpc) is 0.918. The zero-order valence-electron chi connectivity index (χ0n) is 3.88. The molecule has 0 aliphatic heterocycles. The van der Waals surface area contributed by atoms with E-state index in [1.54, 1.807) is 0 Å². The van der Waals surface area contributed by atoms with Gasteiger partial charge in [0.15, 0.2) is 0 Å². The van der Waals surface area contributed by atoms with Crippen molar-refractivity contribution in [2.45, 2.75) is 0 Å². The second-order valence-corrected chi connectivity index (χ2v) is 2.41. The van der Waals surface area contributed by atoms with E-state index in [1.807, 2.05) is 0 Å². The Morgan fingerprint density at radius 3 is 0.750 bits per heavy atom. The third kappa shape index (κ3) is 237. The molecule has 8 heavy (non-hydrogen) atoms. The summed E-state index contributed by atoms with van der Waals surface area (Å²) in [5.41, 5.74) is 0. The second-order valence-electron chi connectivity index (χ2n) is 0.0452. The molecule has 10 N–H and O–H groups in total. The van der Waals surface area contributed by atoms with Gasteiger partial charge in [0.05, 0.1) is 0 Å². The van der Waals surface area contributed by atoms with E-state index in [9.17, 15) is 0 Å². The van der Waals surface area contributed by atoms with Gasteiger partial charge in [0.25, 0.3) is 0 Å². The number of nitrogens with two attached hydrogens (primary N) is 4. The molecule has 8 heteroatoms. The molecule has 0 aliphatic carbocycles. The third-order valence-corrected chi connectivity index (χ3v) is 0. The van der Waals surface area contributed by atoms with Crippen LogP contribution in [-0.4, -0.2) is 5.48 Å². The molecule has 0 unspecified atom stereocenters. The van der Waals surface area contributed by atoms with Crippen molar-refractivity contribution < 1.29 is 21.4 Å². The van der Waals surface area contributed by atoms with Crippen LogP contribution >= 0.6 is 19.1 Å². The van der Waals surface area contributed by atoms with Crippen LogP contribution in [0, 0.1) is 0 Å². The molecule has 0 amide bonds. The Morgan fingerprint density at radius 2 is 0.750 bits per heavy atom. The maximum absolute atomic E-state index is 4.81. The topological polar surface area (TPSA) is 166 Å². The molecule has 0 heterocycles. The van der Waals surface area contributed by atoms with Gasteiger partial charge in [-0.2, -0.15) is 0 Å². The Labute approximate surface area is 65.2 Å². The molecule has 0 radical (unpaired) electrons. The molecule has 0 saturated heterocycles. The zero-order valence-corrected chi connectivity index (χ0v) is 6.95. The van der Waals surface area contributed by atoms with Crippen LogP contribution < -0.4 is 0 Å². The fraction of sp³-hybridized carbons (Fsp3) is 0. The van der Waals surface area contributed by atoms with Gasteiger partial charge in [0.2, 0.25) is 0 Å². The predicted octanol–water partition coefficient (Wildman–Crippen LogP) is 3.42. The van der Waals surface area contributed by atoms with Crippen LogP contribution in [0.1, 0.15) is 0 Å². The van der Waals surface area contributed by atoms with E-state index in [4.69, 9.17) is 19.1 Å². The number of hydrogen-bond donors (Lipinski definition) is 0. The molecule has 0 atom stereocenters. The van der Waals surface area contributed by atoms with Gasteiger partial charge in [-0.05, 0) is 0 Å². The molecule has 0 saturated carbocycles. The molecule has 0 fully saturated rings. The second kappa shape index (κ2) is 95.6. The Hall–Kier alpha value is 1.04. The standard InChI is InChI=1S/2ClH.4H2N.H2O.Pd/h2*1H;5*1H2;/q;;4*-1;;+2/p-2. The van der Waals surface area contributed by atoms with Crippen molar-refractivity contribution >= 4 is 19.1 Å². The quantitative estimate of drug-likeness (QED) is 0.582. The van der Waals surface area contributed by atoms with Gasteiger partial charge < -0.3 is 30.1 Å². The largest absolute Gasteiger partial charge is 0.693 e. The Balaban J connectivity index is -0.00000000200. The SMILES string of the molecule is O.[Cl][Pd][Cl].[NH2-].[NH2-].[NH2-].[NH2-]. The molecular weight excluding hydrogens is 249 g/mol. The van der Waals surface area contributed by atoms with E-state index < -0.39 is 0 Å². The van der Waals surface area contributed by atoms with Gasteiger partial charge in [-0.1, -0.05) is 0 Å². The molecule has 64 valence electrons. The Kier molecular flexibility index (Phi) is 755. The van der Waals surface area contributed by atoms with Gasteiger partial charge in [0, 0.05) is 0 Å². The van der Waals surface area contributed by atoms with Crippen LogP contribution in [0.4, 0.5) is 0 Å². The summed E-state index contributed by atoms with van der Waals surface area (Å²) in [4.78, 5) is 0. The number of hydrogen-bond acceptors (Lipinski definition) is 0. The monoisotopic (exact) mass is 258 g/mol. The molecule has 5 nitrogen and oxygen atoms in total. The third-order valence-electron chi connectivity index (χ3n) is 0. The van der Waals surface area contributed by atoms with Gasteiger partial charge >= 0.3 is 35.0 Å². The van der Waals surface area contributed by atoms with Gasteiger partial charge in [-0.15, -0.1) is 0 Å². The normalized spacial score (nSPS) is 2.75. The smallest absolute Gasteiger partial charge is 0.693 e. The minimum Gasteiger partial charge on any atom is -0.693 e. The van der Waals surface area contributed by atoms with E-state index in [0.29, 0.717) is 0 Å². The van der Waals surface area contributed by atoms with E-state index >= 15 is 0 Å². The number of rotatable bonds is 0. The van der Waals surface area contributed by atoms with Crippen LogP contribution in [0.25, 0.3) is 24.6 Å². The first-order chi connectivity index (χ1) is 1.41. The molecule has 0 rings (SSSR count). The van der Waals surface area contributed by atoms with Crippen molar-refractivity contribution in [3.8, 4) is 0 Å². The van der Waals surface area contributed by atoms with Gasteiger partial charge in [-0.3, -0.25) is 0 Å². The van der Waals surface area contributed by atoms with Crippen LogP contribution in [0.2, 0.25) is 0 Å². The summed E-state index contributed by atoms with van der Waals surface area (Å²) in [5.74, 6) is 0. The minimum absolute atomic E-state index is 0. The summed E-state index contributed by atoms with van der Waals surface area (Å²) in [6, 6.07) is 0. The molecule has 0 aromatic carbocycles. The Bertz CT molecular complexity index is 14.0. The first kappa shape index (κ1) is 63.2. The predicted molar refractivity (Wildman–Crippen MR) is 36.5 cm³/mol. The van der Waals surface area contributed by atoms with Crippen molar-refractivity contribution in [1.82, 2.24) is 0 Å². The van der Waals surface area contributed by atoms with Crippen molar-refractivity contribution in [2.24, 2.45) is 0 Å². The Morgan fingerprint density at radius 1 is 0.750 bits per heavy atom.